The van der Waals surface area contributed by atoms with Gasteiger partial charge in [0.2, 0.25) is 17.6 Å². The summed E-state index contributed by atoms with van der Waals surface area (Å²) in [7, 11) is 4.83. The van der Waals surface area contributed by atoms with E-state index in [0.717, 1.165) is 54.8 Å². The highest BCUT2D eigenvalue weighted by Crippen LogP contribution is 2.44. The number of carbonyl (C=O) groups excluding carboxylic acids is 2. The van der Waals surface area contributed by atoms with Crippen LogP contribution in [0.5, 0.6) is 17.2 Å². The summed E-state index contributed by atoms with van der Waals surface area (Å²) >= 11 is 0. The lowest BCUT2D eigenvalue weighted by atomic mass is 9.97. The van der Waals surface area contributed by atoms with Crippen molar-refractivity contribution in [2.24, 2.45) is 5.92 Å². The standard InChI is InChI=1S/C35H48N8O6/c1-5-40-11-12-41(34(45)26-20-37-35(38-21-26)42-13-15-49-16-14-42)10-8-30(44)36-19-24-7-6-9-43(22-24)33-25(23-40)17-27-28(39-33)18-29(46-2)32(48-4)31(27)47-3/h17-18,20-21,24H,5-16,19,22-23H2,1-4H3,(H,36,44). The van der Waals surface area contributed by atoms with Gasteiger partial charge in [0.15, 0.2) is 11.5 Å². The SMILES string of the molecule is CCN1CCN(C(=O)c2cnc(N3CCOCC3)nc2)CCC(=O)NCC2CCCN(C2)c2nc3cc(OC)c(OC)c(OC)c3cc2C1. The molecule has 0 aliphatic carbocycles. The highest BCUT2D eigenvalue weighted by Gasteiger charge is 2.28. The molecule has 264 valence electrons. The lowest BCUT2D eigenvalue weighted by Gasteiger charge is -2.35. The Labute approximate surface area is 287 Å². The van der Waals surface area contributed by atoms with E-state index in [2.05, 4.69) is 43.0 Å². The molecule has 1 atom stereocenters. The lowest BCUT2D eigenvalue weighted by molar-refractivity contribution is -0.121. The molecular weight excluding hydrogens is 628 g/mol. The number of morpholine rings is 1. The molecule has 3 aliphatic heterocycles. The van der Waals surface area contributed by atoms with E-state index in [0.29, 0.717) is 87.8 Å². The van der Waals surface area contributed by atoms with Crippen LogP contribution in [0.25, 0.3) is 10.9 Å². The first kappa shape index (κ1) is 34.4. The van der Waals surface area contributed by atoms with E-state index in [1.54, 1.807) is 38.6 Å². The van der Waals surface area contributed by atoms with Crippen LogP contribution >= 0.6 is 0 Å². The minimum absolute atomic E-state index is 0.0614. The molecule has 0 radical (unpaired) electrons. The number of anilines is 2. The van der Waals surface area contributed by atoms with Gasteiger partial charge < -0.3 is 39.0 Å². The average molecular weight is 677 g/mol. The van der Waals surface area contributed by atoms with Gasteiger partial charge in [-0.3, -0.25) is 14.5 Å². The number of benzene rings is 1. The van der Waals surface area contributed by atoms with Crippen molar-refractivity contribution in [1.82, 2.24) is 30.1 Å². The lowest BCUT2D eigenvalue weighted by Crippen LogP contribution is -2.42. The van der Waals surface area contributed by atoms with Gasteiger partial charge in [-0.25, -0.2) is 15.0 Å². The molecule has 0 saturated carbocycles. The summed E-state index contributed by atoms with van der Waals surface area (Å²) in [4.78, 5) is 49.6. The number of piperidine rings is 1. The maximum Gasteiger partial charge on any atom is 0.257 e. The van der Waals surface area contributed by atoms with E-state index < -0.39 is 0 Å². The van der Waals surface area contributed by atoms with Crippen molar-refractivity contribution < 1.29 is 28.5 Å². The van der Waals surface area contributed by atoms with E-state index in [1.807, 2.05) is 6.07 Å². The average Bonchev–Trinajstić information content (AvgIpc) is 3.15. The molecule has 2 fully saturated rings. The van der Waals surface area contributed by atoms with Gasteiger partial charge in [-0.05, 0) is 31.4 Å². The molecule has 1 aromatic carbocycles. The fraction of sp³-hybridized carbons (Fsp3) is 0.571. The van der Waals surface area contributed by atoms with Crippen LogP contribution in [0.3, 0.4) is 0 Å². The molecular formula is C35H48N8O6. The fourth-order valence-corrected chi connectivity index (χ4v) is 6.93. The summed E-state index contributed by atoms with van der Waals surface area (Å²) in [5, 5.41) is 3.98. The van der Waals surface area contributed by atoms with E-state index in [9.17, 15) is 9.59 Å². The van der Waals surface area contributed by atoms with Crippen molar-refractivity contribution in [2.45, 2.75) is 32.7 Å². The Morgan fingerprint density at radius 2 is 1.73 bits per heavy atom. The zero-order chi connectivity index (χ0) is 34.3. The maximum atomic E-state index is 13.9. The molecule has 3 aliphatic rings. The number of fused-ring (bicyclic) bond motifs is 5. The number of carbonyl (C=O) groups is 2. The molecule has 49 heavy (non-hydrogen) atoms. The van der Waals surface area contributed by atoms with Crippen molar-refractivity contribution in [3.8, 4) is 17.2 Å². The van der Waals surface area contributed by atoms with Crippen LogP contribution in [0.15, 0.2) is 24.5 Å². The zero-order valence-corrected chi connectivity index (χ0v) is 29.1. The van der Waals surface area contributed by atoms with E-state index in [-0.39, 0.29) is 24.2 Å². The first-order valence-electron chi connectivity index (χ1n) is 17.2. The van der Waals surface area contributed by atoms with Crippen LogP contribution in [0, 0.1) is 5.92 Å². The van der Waals surface area contributed by atoms with Gasteiger partial charge in [0, 0.05) is 94.7 Å². The maximum absolute atomic E-state index is 13.9. The van der Waals surface area contributed by atoms with Crippen LogP contribution in [0.1, 0.15) is 42.1 Å². The molecule has 6 rings (SSSR count). The quantitative estimate of drug-likeness (QED) is 0.411. The van der Waals surface area contributed by atoms with Gasteiger partial charge in [0.1, 0.15) is 5.82 Å². The highest BCUT2D eigenvalue weighted by molar-refractivity contribution is 5.94. The Morgan fingerprint density at radius 1 is 0.959 bits per heavy atom. The molecule has 14 nitrogen and oxygen atoms in total. The number of rotatable bonds is 6. The van der Waals surface area contributed by atoms with E-state index >= 15 is 0 Å². The Hall–Kier alpha value is -4.43. The van der Waals surface area contributed by atoms with Gasteiger partial charge in [0.25, 0.3) is 5.91 Å². The third kappa shape index (κ3) is 7.75. The number of amides is 2. The van der Waals surface area contributed by atoms with Crippen molar-refractivity contribution >= 4 is 34.5 Å². The van der Waals surface area contributed by atoms with Crippen LogP contribution < -0.4 is 29.3 Å². The molecule has 14 heteroatoms. The largest absolute Gasteiger partial charge is 0.493 e. The third-order valence-electron chi connectivity index (χ3n) is 9.69. The number of hydrogen-bond acceptors (Lipinski definition) is 12. The minimum atomic E-state index is -0.192. The van der Waals surface area contributed by atoms with Gasteiger partial charge in [0.05, 0.1) is 45.6 Å². The molecule has 1 N–H and O–H groups in total. The van der Waals surface area contributed by atoms with E-state index in [1.165, 1.54) is 0 Å². The summed E-state index contributed by atoms with van der Waals surface area (Å²) in [6, 6.07) is 4.05. The second kappa shape index (κ2) is 15.9. The normalized spacial score (nSPS) is 19.8. The van der Waals surface area contributed by atoms with Crippen LogP contribution in [-0.4, -0.2) is 130 Å². The predicted octanol–water partition coefficient (Wildman–Crippen LogP) is 2.59. The summed E-state index contributed by atoms with van der Waals surface area (Å²) in [5.74, 6) is 3.17. The Morgan fingerprint density at radius 3 is 2.45 bits per heavy atom. The molecule has 1 unspecified atom stereocenters. The van der Waals surface area contributed by atoms with Crippen LogP contribution in [-0.2, 0) is 16.1 Å². The number of pyridine rings is 1. The zero-order valence-electron chi connectivity index (χ0n) is 29.1. The number of nitrogens with zero attached hydrogens (tertiary/aromatic N) is 7. The molecule has 5 heterocycles. The van der Waals surface area contributed by atoms with E-state index in [4.69, 9.17) is 23.9 Å². The molecule has 3 aromatic rings. The second-order valence-corrected chi connectivity index (χ2v) is 12.7. The van der Waals surface area contributed by atoms with Gasteiger partial charge in [-0.2, -0.15) is 0 Å². The summed E-state index contributed by atoms with van der Waals surface area (Å²) in [6.07, 6.45) is 5.42. The first-order valence-corrected chi connectivity index (χ1v) is 17.2. The summed E-state index contributed by atoms with van der Waals surface area (Å²) in [6.45, 7) is 9.72. The molecule has 0 spiro atoms. The van der Waals surface area contributed by atoms with Crippen molar-refractivity contribution in [1.29, 1.82) is 0 Å². The second-order valence-electron chi connectivity index (χ2n) is 12.7. The molecule has 2 bridgehead atoms. The number of aromatic nitrogens is 3. The Kier molecular flexibility index (Phi) is 11.1. The third-order valence-corrected chi connectivity index (χ3v) is 9.69. The molecule has 2 amide bonds. The van der Waals surface area contributed by atoms with Crippen molar-refractivity contribution in [3.63, 3.8) is 0 Å². The highest BCUT2D eigenvalue weighted by atomic mass is 16.5. The number of methoxy groups -OCH3 is 3. The predicted molar refractivity (Wildman–Crippen MR) is 186 cm³/mol. The minimum Gasteiger partial charge on any atom is -0.493 e. The molecule has 2 aromatic heterocycles. The molecule has 2 saturated heterocycles. The van der Waals surface area contributed by atoms with Crippen molar-refractivity contribution in [3.05, 3.63) is 35.7 Å². The topological polar surface area (TPSA) is 135 Å². The fourth-order valence-electron chi connectivity index (χ4n) is 6.93. The number of hydrogen-bond donors (Lipinski definition) is 1. The Balaban J connectivity index is 1.32. The van der Waals surface area contributed by atoms with Gasteiger partial charge in [-0.1, -0.05) is 6.92 Å². The summed E-state index contributed by atoms with van der Waals surface area (Å²) < 4.78 is 22.6. The Bertz CT molecular complexity index is 1620. The number of likely N-dealkylation sites (N-methyl/N-ethyl adjacent to an activating group) is 1. The van der Waals surface area contributed by atoms with Crippen LogP contribution in [0.2, 0.25) is 0 Å². The van der Waals surface area contributed by atoms with Gasteiger partial charge >= 0.3 is 0 Å². The van der Waals surface area contributed by atoms with Crippen LogP contribution in [0.4, 0.5) is 11.8 Å². The number of ether oxygens (including phenoxy) is 4. The first-order chi connectivity index (χ1) is 23.9. The van der Waals surface area contributed by atoms with Crippen molar-refractivity contribution in [2.75, 3.05) is 103 Å². The monoisotopic (exact) mass is 676 g/mol. The van der Waals surface area contributed by atoms with Gasteiger partial charge in [-0.15, -0.1) is 0 Å². The summed E-state index contributed by atoms with van der Waals surface area (Å²) in [5.41, 5.74) is 2.21. The number of nitrogens with one attached hydrogen (secondary N) is 1. The smallest absolute Gasteiger partial charge is 0.257 e.